The van der Waals surface area contributed by atoms with E-state index < -0.39 is 0 Å². The van der Waals surface area contributed by atoms with Crippen molar-refractivity contribution in [2.75, 3.05) is 11.4 Å². The highest BCUT2D eigenvalue weighted by Crippen LogP contribution is 2.38. The zero-order valence-corrected chi connectivity index (χ0v) is 9.78. The third kappa shape index (κ3) is 1.60. The molecule has 0 unspecified atom stereocenters. The molecule has 0 radical (unpaired) electrons. The second-order valence-electron chi connectivity index (χ2n) is 4.98. The van der Waals surface area contributed by atoms with Gasteiger partial charge in [0, 0.05) is 12.2 Å². The minimum Gasteiger partial charge on any atom is -0.330 e. The number of para-hydroxylation sites is 1. The number of amides is 2. The molecule has 1 aromatic rings. The molecule has 1 heterocycles. The Morgan fingerprint density at radius 3 is 2.71 bits per heavy atom. The molecule has 17 heavy (non-hydrogen) atoms. The Labute approximate surface area is 101 Å². The second-order valence-corrected chi connectivity index (χ2v) is 4.98. The minimum absolute atomic E-state index is 0.0191. The molecule has 1 spiro atoms. The largest absolute Gasteiger partial charge is 0.330 e. The topological polar surface area (TPSA) is 58.4 Å². The fourth-order valence-corrected chi connectivity index (χ4v) is 2.74. The average molecular weight is 231 g/mol. The first-order chi connectivity index (χ1) is 8.24. The van der Waals surface area contributed by atoms with Crippen LogP contribution in [-0.2, 0) is 6.54 Å². The number of urea groups is 1. The molecule has 90 valence electrons. The number of carbonyl (C=O) groups excluding carboxylic acids is 1. The lowest BCUT2D eigenvalue weighted by molar-refractivity contribution is 0.218. The molecule has 1 saturated heterocycles. The number of anilines is 1. The Balaban J connectivity index is 1.91. The zero-order chi connectivity index (χ0) is 11.9. The van der Waals surface area contributed by atoms with Gasteiger partial charge in [0.2, 0.25) is 0 Å². The number of carbonyl (C=O) groups is 1. The van der Waals surface area contributed by atoms with E-state index in [9.17, 15) is 4.79 Å². The molecule has 2 aliphatic rings. The molecule has 1 aliphatic heterocycles. The summed E-state index contributed by atoms with van der Waals surface area (Å²) in [5.74, 6) is 0. The lowest BCUT2D eigenvalue weighted by Crippen LogP contribution is -2.49. The number of rotatable bonds is 2. The van der Waals surface area contributed by atoms with Crippen molar-refractivity contribution in [3.05, 3.63) is 29.8 Å². The summed E-state index contributed by atoms with van der Waals surface area (Å²) >= 11 is 0. The third-order valence-corrected chi connectivity index (χ3v) is 3.89. The normalized spacial score (nSPS) is 21.5. The average Bonchev–Trinajstić information content (AvgIpc) is 2.67. The van der Waals surface area contributed by atoms with Crippen LogP contribution in [0.1, 0.15) is 24.8 Å². The molecule has 2 fully saturated rings. The van der Waals surface area contributed by atoms with Gasteiger partial charge < -0.3 is 11.1 Å². The van der Waals surface area contributed by atoms with Gasteiger partial charge in [-0.2, -0.15) is 0 Å². The Kier molecular flexibility index (Phi) is 2.33. The van der Waals surface area contributed by atoms with E-state index in [4.69, 9.17) is 5.73 Å². The van der Waals surface area contributed by atoms with Gasteiger partial charge in [-0.25, -0.2) is 4.79 Å². The lowest BCUT2D eigenvalue weighted by Gasteiger charge is -2.37. The van der Waals surface area contributed by atoms with E-state index >= 15 is 0 Å². The summed E-state index contributed by atoms with van der Waals surface area (Å²) in [6, 6.07) is 7.88. The number of hydrogen-bond acceptors (Lipinski definition) is 2. The number of nitrogens with one attached hydrogen (secondary N) is 1. The summed E-state index contributed by atoms with van der Waals surface area (Å²) < 4.78 is 0. The maximum absolute atomic E-state index is 12.0. The van der Waals surface area contributed by atoms with E-state index in [0.717, 1.165) is 30.6 Å². The van der Waals surface area contributed by atoms with Crippen molar-refractivity contribution in [1.29, 1.82) is 0 Å². The van der Waals surface area contributed by atoms with Gasteiger partial charge in [0.15, 0.2) is 0 Å². The van der Waals surface area contributed by atoms with Gasteiger partial charge in [-0.05, 0) is 30.9 Å². The predicted octanol–water partition coefficient (Wildman–Crippen LogP) is 1.60. The van der Waals surface area contributed by atoms with Crippen molar-refractivity contribution >= 4 is 11.7 Å². The standard InChI is InChI=1S/C13H17N3O/c14-8-10-4-1-2-5-11(10)16-9-13(6-3-7-13)15-12(16)17/h1-2,4-5H,3,6-9,14H2,(H,15,17). The maximum atomic E-state index is 12.0. The van der Waals surface area contributed by atoms with Crippen LogP contribution in [0, 0.1) is 0 Å². The molecule has 4 nitrogen and oxygen atoms in total. The van der Waals surface area contributed by atoms with Gasteiger partial charge in [0.25, 0.3) is 0 Å². The summed E-state index contributed by atoms with van der Waals surface area (Å²) in [5, 5.41) is 3.11. The van der Waals surface area contributed by atoms with Gasteiger partial charge in [0.1, 0.15) is 0 Å². The van der Waals surface area contributed by atoms with Crippen LogP contribution in [0.3, 0.4) is 0 Å². The van der Waals surface area contributed by atoms with Crippen molar-refractivity contribution in [2.24, 2.45) is 5.73 Å². The van der Waals surface area contributed by atoms with E-state index in [2.05, 4.69) is 5.32 Å². The van der Waals surface area contributed by atoms with Crippen LogP contribution >= 0.6 is 0 Å². The van der Waals surface area contributed by atoms with Crippen LogP contribution in [0.2, 0.25) is 0 Å². The highest BCUT2D eigenvalue weighted by molar-refractivity contribution is 5.96. The van der Waals surface area contributed by atoms with E-state index in [1.807, 2.05) is 29.2 Å². The van der Waals surface area contributed by atoms with Gasteiger partial charge in [-0.3, -0.25) is 4.90 Å². The third-order valence-electron chi connectivity index (χ3n) is 3.89. The molecule has 3 N–H and O–H groups in total. The molecule has 1 aromatic carbocycles. The molecule has 0 atom stereocenters. The molecule has 1 saturated carbocycles. The van der Waals surface area contributed by atoms with Gasteiger partial charge in [-0.1, -0.05) is 18.2 Å². The Morgan fingerprint density at radius 1 is 1.35 bits per heavy atom. The SMILES string of the molecule is NCc1ccccc1N1CC2(CCC2)NC1=O. The molecule has 0 bridgehead atoms. The van der Waals surface area contributed by atoms with Crippen molar-refractivity contribution in [1.82, 2.24) is 5.32 Å². The molecule has 0 aromatic heterocycles. The van der Waals surface area contributed by atoms with Crippen LogP contribution in [-0.4, -0.2) is 18.1 Å². The van der Waals surface area contributed by atoms with Crippen molar-refractivity contribution < 1.29 is 4.79 Å². The van der Waals surface area contributed by atoms with Crippen molar-refractivity contribution in [3.8, 4) is 0 Å². The van der Waals surface area contributed by atoms with E-state index in [0.29, 0.717) is 6.54 Å². The summed E-state index contributed by atoms with van der Waals surface area (Å²) in [6.07, 6.45) is 3.41. The number of nitrogens with two attached hydrogens (primary N) is 1. The molecule has 3 rings (SSSR count). The van der Waals surface area contributed by atoms with E-state index in [-0.39, 0.29) is 11.6 Å². The molecular formula is C13H17N3O. The summed E-state index contributed by atoms with van der Waals surface area (Å²) in [6.45, 7) is 1.25. The van der Waals surface area contributed by atoms with Crippen LogP contribution in [0.5, 0.6) is 0 Å². The van der Waals surface area contributed by atoms with Crippen LogP contribution in [0.15, 0.2) is 24.3 Å². The van der Waals surface area contributed by atoms with Crippen LogP contribution in [0.4, 0.5) is 10.5 Å². The summed E-state index contributed by atoms with van der Waals surface area (Å²) in [7, 11) is 0. The first kappa shape index (κ1) is 10.6. The summed E-state index contributed by atoms with van der Waals surface area (Å²) in [5.41, 5.74) is 7.74. The van der Waals surface area contributed by atoms with E-state index in [1.54, 1.807) is 0 Å². The Morgan fingerprint density at radius 2 is 2.12 bits per heavy atom. The fraction of sp³-hybridized carbons (Fsp3) is 0.462. The maximum Gasteiger partial charge on any atom is 0.322 e. The molecular weight excluding hydrogens is 214 g/mol. The Hall–Kier alpha value is -1.55. The first-order valence-electron chi connectivity index (χ1n) is 6.12. The highest BCUT2D eigenvalue weighted by atomic mass is 16.2. The van der Waals surface area contributed by atoms with Gasteiger partial charge in [0.05, 0.1) is 12.1 Å². The molecule has 1 aliphatic carbocycles. The fourth-order valence-electron chi connectivity index (χ4n) is 2.74. The number of benzene rings is 1. The number of nitrogens with zero attached hydrogens (tertiary/aromatic N) is 1. The second kappa shape index (κ2) is 3.74. The van der Waals surface area contributed by atoms with Crippen molar-refractivity contribution in [2.45, 2.75) is 31.3 Å². The predicted molar refractivity (Wildman–Crippen MR) is 66.8 cm³/mol. The minimum atomic E-state index is 0.0191. The van der Waals surface area contributed by atoms with Crippen LogP contribution in [0.25, 0.3) is 0 Å². The lowest BCUT2D eigenvalue weighted by atomic mass is 9.77. The summed E-state index contributed by atoms with van der Waals surface area (Å²) in [4.78, 5) is 13.9. The quantitative estimate of drug-likeness (QED) is 0.812. The zero-order valence-electron chi connectivity index (χ0n) is 9.78. The van der Waals surface area contributed by atoms with Gasteiger partial charge >= 0.3 is 6.03 Å². The monoisotopic (exact) mass is 231 g/mol. The van der Waals surface area contributed by atoms with Crippen LogP contribution < -0.4 is 16.0 Å². The highest BCUT2D eigenvalue weighted by Gasteiger charge is 2.47. The molecule has 2 amide bonds. The van der Waals surface area contributed by atoms with Gasteiger partial charge in [-0.15, -0.1) is 0 Å². The Bertz CT molecular complexity index is 454. The van der Waals surface area contributed by atoms with Crippen molar-refractivity contribution in [3.63, 3.8) is 0 Å². The number of hydrogen-bond donors (Lipinski definition) is 2. The van der Waals surface area contributed by atoms with E-state index in [1.165, 1.54) is 6.42 Å². The smallest absolute Gasteiger partial charge is 0.322 e. The first-order valence-corrected chi connectivity index (χ1v) is 6.12. The molecule has 4 heteroatoms.